The molecule has 1 aliphatic carbocycles. The number of hydrogen-bond donors (Lipinski definition) is 1. The fourth-order valence-corrected chi connectivity index (χ4v) is 2.63. The van der Waals surface area contributed by atoms with Crippen LogP contribution in [0.3, 0.4) is 0 Å². The summed E-state index contributed by atoms with van der Waals surface area (Å²) in [5, 5.41) is 9.74. The number of rotatable bonds is 0. The number of fused-ring (bicyclic) bond motifs is 1. The zero-order chi connectivity index (χ0) is 12.4. The molecule has 1 N–H and O–H groups in total. The smallest absolute Gasteiger partial charge is 0.177 e. The Labute approximate surface area is 104 Å². The van der Waals surface area contributed by atoms with Crippen LogP contribution in [0.5, 0.6) is 0 Å². The fraction of sp³-hybridized carbons (Fsp3) is 0.600. The van der Waals surface area contributed by atoms with Crippen molar-refractivity contribution in [2.45, 2.75) is 51.9 Å². The molecule has 1 heterocycles. The van der Waals surface area contributed by atoms with Gasteiger partial charge in [-0.15, -0.1) is 0 Å². The molecule has 0 saturated carbocycles. The van der Waals surface area contributed by atoms with Gasteiger partial charge in [0.25, 0.3) is 0 Å². The second-order valence-corrected chi connectivity index (χ2v) is 5.28. The van der Waals surface area contributed by atoms with Crippen molar-refractivity contribution >= 4 is 0 Å². The van der Waals surface area contributed by atoms with Crippen LogP contribution in [0.25, 0.3) is 0 Å². The molecule has 0 unspecified atom stereocenters. The van der Waals surface area contributed by atoms with Gasteiger partial charge in [0.1, 0.15) is 0 Å². The number of ether oxygens (including phenoxy) is 1. The zero-order valence-corrected chi connectivity index (χ0v) is 10.8. The first-order chi connectivity index (χ1) is 8.08. The van der Waals surface area contributed by atoms with Gasteiger partial charge < -0.3 is 9.84 Å². The molecule has 17 heavy (non-hydrogen) atoms. The third kappa shape index (κ3) is 2.88. The molecule has 0 radical (unpaired) electrons. The molecule has 0 spiro atoms. The van der Waals surface area contributed by atoms with Gasteiger partial charge >= 0.3 is 0 Å². The molecule has 94 valence electrons. The predicted molar refractivity (Wildman–Crippen MR) is 69.5 cm³/mol. The van der Waals surface area contributed by atoms with E-state index in [2.05, 4.69) is 32.6 Å². The van der Waals surface area contributed by atoms with Crippen molar-refractivity contribution in [2.75, 3.05) is 0 Å². The van der Waals surface area contributed by atoms with E-state index in [0.29, 0.717) is 0 Å². The molecule has 1 saturated heterocycles. The van der Waals surface area contributed by atoms with Crippen LogP contribution in [0.1, 0.15) is 39.5 Å². The van der Waals surface area contributed by atoms with Gasteiger partial charge in [0, 0.05) is 5.92 Å². The standard InChI is InChI=1S/C15H22O2/c1-10-5-4-6-11(2)9-14-13(8-7-10)12(3)15(16)17-14/h5,9,13-16H,3-4,6-8H2,1-2H3/b10-5-,11-9+/t13-,14-,15-/m0/s1. The first-order valence-corrected chi connectivity index (χ1v) is 6.43. The fourth-order valence-electron chi connectivity index (χ4n) is 2.63. The molecule has 0 bridgehead atoms. The van der Waals surface area contributed by atoms with Crippen LogP contribution in [0.15, 0.2) is 35.5 Å². The monoisotopic (exact) mass is 234 g/mol. The molecule has 2 rings (SSSR count). The van der Waals surface area contributed by atoms with Crippen molar-refractivity contribution < 1.29 is 9.84 Å². The van der Waals surface area contributed by atoms with Crippen molar-refractivity contribution in [3.8, 4) is 0 Å². The average molecular weight is 234 g/mol. The lowest BCUT2D eigenvalue weighted by Gasteiger charge is -2.18. The van der Waals surface area contributed by atoms with Crippen molar-refractivity contribution in [3.63, 3.8) is 0 Å². The minimum absolute atomic E-state index is 0.0170. The second kappa shape index (κ2) is 5.19. The van der Waals surface area contributed by atoms with Gasteiger partial charge in [-0.25, -0.2) is 0 Å². The summed E-state index contributed by atoms with van der Waals surface area (Å²) >= 11 is 0. The largest absolute Gasteiger partial charge is 0.364 e. The van der Waals surface area contributed by atoms with Crippen LogP contribution in [0, 0.1) is 5.92 Å². The van der Waals surface area contributed by atoms with Crippen molar-refractivity contribution in [2.24, 2.45) is 5.92 Å². The molecule has 0 amide bonds. The Morgan fingerprint density at radius 3 is 2.82 bits per heavy atom. The first-order valence-electron chi connectivity index (χ1n) is 6.43. The minimum Gasteiger partial charge on any atom is -0.364 e. The maximum atomic E-state index is 9.74. The van der Waals surface area contributed by atoms with Crippen molar-refractivity contribution in [3.05, 3.63) is 35.5 Å². The molecule has 0 aromatic heterocycles. The van der Waals surface area contributed by atoms with Gasteiger partial charge in [0.2, 0.25) is 0 Å². The molecule has 1 fully saturated rings. The SMILES string of the molecule is C=C1[C@@H](O)O[C@H]2/C=C(\C)CC/C=C(/C)CC[C@@H]12. The molecule has 0 aromatic carbocycles. The van der Waals surface area contributed by atoms with E-state index in [1.165, 1.54) is 11.1 Å². The van der Waals surface area contributed by atoms with Gasteiger partial charge in [-0.2, -0.15) is 0 Å². The summed E-state index contributed by atoms with van der Waals surface area (Å²) < 4.78 is 5.58. The van der Waals surface area contributed by atoms with E-state index in [1.54, 1.807) is 0 Å². The van der Waals surface area contributed by atoms with Gasteiger partial charge in [0.15, 0.2) is 6.29 Å². The lowest BCUT2D eigenvalue weighted by atomic mass is 9.88. The number of allylic oxidation sites excluding steroid dienone is 3. The summed E-state index contributed by atoms with van der Waals surface area (Å²) in [4.78, 5) is 0. The average Bonchev–Trinajstić information content (AvgIpc) is 2.52. The van der Waals surface area contributed by atoms with Gasteiger partial charge in [-0.3, -0.25) is 0 Å². The van der Waals surface area contributed by atoms with Crippen LogP contribution >= 0.6 is 0 Å². The Balaban J connectivity index is 2.21. The summed E-state index contributed by atoms with van der Waals surface area (Å²) in [6, 6.07) is 0. The van der Waals surface area contributed by atoms with Gasteiger partial charge in [0.05, 0.1) is 6.10 Å². The van der Waals surface area contributed by atoms with Crippen LogP contribution in [-0.2, 0) is 4.74 Å². The molecule has 3 atom stereocenters. The topological polar surface area (TPSA) is 29.5 Å². The lowest BCUT2D eigenvalue weighted by molar-refractivity contribution is -0.0650. The molecular weight excluding hydrogens is 212 g/mol. The van der Waals surface area contributed by atoms with E-state index in [9.17, 15) is 5.11 Å². The van der Waals surface area contributed by atoms with E-state index in [4.69, 9.17) is 4.74 Å². The highest BCUT2D eigenvalue weighted by molar-refractivity contribution is 5.20. The quantitative estimate of drug-likeness (QED) is 0.651. The summed E-state index contributed by atoms with van der Waals surface area (Å²) in [5.41, 5.74) is 3.62. The maximum absolute atomic E-state index is 9.74. The Morgan fingerprint density at radius 2 is 2.06 bits per heavy atom. The first kappa shape index (κ1) is 12.6. The Morgan fingerprint density at radius 1 is 1.29 bits per heavy atom. The van der Waals surface area contributed by atoms with Gasteiger partial charge in [-0.1, -0.05) is 29.9 Å². The van der Waals surface area contributed by atoms with Crippen LogP contribution in [0.2, 0.25) is 0 Å². The van der Waals surface area contributed by atoms with Crippen LogP contribution in [-0.4, -0.2) is 17.5 Å². The Bertz CT molecular complexity index is 365. The molecule has 1 aliphatic heterocycles. The minimum atomic E-state index is -0.779. The van der Waals surface area contributed by atoms with Crippen molar-refractivity contribution in [1.29, 1.82) is 0 Å². The summed E-state index contributed by atoms with van der Waals surface area (Å²) in [5.74, 6) is 0.265. The lowest BCUT2D eigenvalue weighted by Crippen LogP contribution is -2.15. The highest BCUT2D eigenvalue weighted by atomic mass is 16.6. The summed E-state index contributed by atoms with van der Waals surface area (Å²) in [6.07, 6.45) is 8.01. The molecule has 2 nitrogen and oxygen atoms in total. The van der Waals surface area contributed by atoms with E-state index in [-0.39, 0.29) is 12.0 Å². The second-order valence-electron chi connectivity index (χ2n) is 5.28. The number of hydrogen-bond acceptors (Lipinski definition) is 2. The van der Waals surface area contributed by atoms with Crippen LogP contribution < -0.4 is 0 Å². The molecule has 0 aromatic rings. The summed E-state index contributed by atoms with van der Waals surface area (Å²) in [6.45, 7) is 8.29. The predicted octanol–water partition coefficient (Wildman–Crippen LogP) is 3.34. The normalized spacial score (nSPS) is 41.1. The molecule has 2 aliphatic rings. The Kier molecular flexibility index (Phi) is 3.85. The highest BCUT2D eigenvalue weighted by Gasteiger charge is 2.36. The van der Waals surface area contributed by atoms with Crippen LogP contribution in [0.4, 0.5) is 0 Å². The third-order valence-corrected chi connectivity index (χ3v) is 3.81. The molecule has 2 heteroatoms. The van der Waals surface area contributed by atoms with E-state index < -0.39 is 6.29 Å². The number of aliphatic hydroxyl groups excluding tert-OH is 1. The van der Waals surface area contributed by atoms with Crippen molar-refractivity contribution in [1.82, 2.24) is 0 Å². The van der Waals surface area contributed by atoms with E-state index in [0.717, 1.165) is 31.3 Å². The Hall–Kier alpha value is -0.860. The molecular formula is C15H22O2. The number of aliphatic hydroxyl groups is 1. The third-order valence-electron chi connectivity index (χ3n) is 3.81. The summed E-state index contributed by atoms with van der Waals surface area (Å²) in [7, 11) is 0. The van der Waals surface area contributed by atoms with Gasteiger partial charge in [-0.05, 0) is 45.1 Å². The van der Waals surface area contributed by atoms with E-state index >= 15 is 0 Å². The zero-order valence-electron chi connectivity index (χ0n) is 10.8. The maximum Gasteiger partial charge on any atom is 0.177 e. The highest BCUT2D eigenvalue weighted by Crippen LogP contribution is 2.36. The van der Waals surface area contributed by atoms with E-state index in [1.807, 2.05) is 0 Å².